The molecule has 0 bridgehead atoms. The number of ether oxygens (including phenoxy) is 2. The van der Waals surface area contributed by atoms with Crippen molar-refractivity contribution in [1.82, 2.24) is 4.57 Å². The highest BCUT2D eigenvalue weighted by molar-refractivity contribution is 4.65. The normalized spacial score (nSPS) is 9.86. The van der Waals surface area contributed by atoms with Crippen molar-refractivity contribution in [3.63, 3.8) is 0 Å². The number of hydrogen-bond acceptors (Lipinski definition) is 2. The number of halogens is 1. The molecule has 1 aromatic rings. The molecule has 4 nitrogen and oxygen atoms in total. The molecule has 0 unspecified atom stereocenters. The average molecular weight is 312 g/mol. The van der Waals surface area contributed by atoms with E-state index in [1.807, 2.05) is 30.3 Å². The number of hydrogen-bond donors (Lipinski definition) is 0. The first-order valence-corrected chi connectivity index (χ1v) is 4.40. The van der Waals surface area contributed by atoms with Crippen LogP contribution in [0.15, 0.2) is 18.7 Å². The number of rotatable bonds is 6. The summed E-state index contributed by atoms with van der Waals surface area (Å²) in [6.07, 6.45) is 6.06. The lowest BCUT2D eigenvalue weighted by Crippen LogP contribution is -3.00. The summed E-state index contributed by atoms with van der Waals surface area (Å²) in [4.78, 5) is 0. The Kier molecular flexibility index (Phi) is 8.11. The van der Waals surface area contributed by atoms with Gasteiger partial charge in [-0.2, -0.15) is 0 Å². The second-order valence-electron chi connectivity index (χ2n) is 2.92. The van der Waals surface area contributed by atoms with E-state index in [0.29, 0.717) is 13.2 Å². The maximum absolute atomic E-state index is 5.33. The van der Waals surface area contributed by atoms with Gasteiger partial charge in [0.15, 0.2) is 0 Å². The smallest absolute Gasteiger partial charge is 0.243 e. The van der Waals surface area contributed by atoms with E-state index < -0.39 is 0 Å². The van der Waals surface area contributed by atoms with Gasteiger partial charge in [0.2, 0.25) is 6.33 Å². The topological polar surface area (TPSA) is 27.3 Å². The fourth-order valence-corrected chi connectivity index (χ4v) is 1.05. The summed E-state index contributed by atoms with van der Waals surface area (Å²) in [6, 6.07) is 0. The van der Waals surface area contributed by atoms with Gasteiger partial charge in [0, 0.05) is 7.11 Å². The predicted molar refractivity (Wildman–Crippen MR) is 48.3 cm³/mol. The summed E-state index contributed by atoms with van der Waals surface area (Å²) in [5.74, 6) is 0. The molecular weight excluding hydrogens is 295 g/mol. The minimum Gasteiger partial charge on any atom is -1.00 e. The molecule has 1 aromatic heterocycles. The van der Waals surface area contributed by atoms with Crippen molar-refractivity contribution in [3.8, 4) is 0 Å². The summed E-state index contributed by atoms with van der Waals surface area (Å²) in [5.41, 5.74) is 0. The van der Waals surface area contributed by atoms with Crippen LogP contribution in [0.3, 0.4) is 0 Å². The number of imidazole rings is 1. The largest absolute Gasteiger partial charge is 1.00 e. The SMILES string of the molecule is COCCOCCn1cc[n+](C)c1.[I-]. The number of aryl methyl sites for hydroxylation is 1. The van der Waals surface area contributed by atoms with Crippen molar-refractivity contribution in [1.29, 1.82) is 0 Å². The molecule has 0 amide bonds. The zero-order valence-corrected chi connectivity index (χ0v) is 10.8. The Morgan fingerprint density at radius 3 is 2.64 bits per heavy atom. The molecule has 0 aliphatic carbocycles. The van der Waals surface area contributed by atoms with Gasteiger partial charge in [-0.15, -0.1) is 0 Å². The lowest BCUT2D eigenvalue weighted by molar-refractivity contribution is -0.671. The van der Waals surface area contributed by atoms with E-state index >= 15 is 0 Å². The third kappa shape index (κ3) is 5.56. The van der Waals surface area contributed by atoms with Gasteiger partial charge in [-0.1, -0.05) is 0 Å². The molecular formula is C9H17IN2O2. The van der Waals surface area contributed by atoms with Crippen molar-refractivity contribution in [2.75, 3.05) is 26.9 Å². The Balaban J connectivity index is 0.00000169. The maximum Gasteiger partial charge on any atom is 0.243 e. The van der Waals surface area contributed by atoms with Crippen LogP contribution < -0.4 is 28.5 Å². The van der Waals surface area contributed by atoms with E-state index in [-0.39, 0.29) is 24.0 Å². The van der Waals surface area contributed by atoms with Crippen molar-refractivity contribution in [3.05, 3.63) is 18.7 Å². The van der Waals surface area contributed by atoms with Gasteiger partial charge in [0.1, 0.15) is 18.9 Å². The first-order valence-electron chi connectivity index (χ1n) is 4.40. The highest BCUT2D eigenvalue weighted by Gasteiger charge is 1.98. The molecule has 82 valence electrons. The number of methoxy groups -OCH3 is 1. The lowest BCUT2D eigenvalue weighted by atomic mass is 10.6. The summed E-state index contributed by atoms with van der Waals surface area (Å²) < 4.78 is 14.3. The van der Waals surface area contributed by atoms with Crippen molar-refractivity contribution < 1.29 is 38.0 Å². The maximum atomic E-state index is 5.33. The highest BCUT2D eigenvalue weighted by Crippen LogP contribution is 1.85. The lowest BCUT2D eigenvalue weighted by Gasteiger charge is -2.00. The van der Waals surface area contributed by atoms with Crippen LogP contribution in [0.1, 0.15) is 0 Å². The number of aromatic nitrogens is 2. The molecule has 0 radical (unpaired) electrons. The van der Waals surface area contributed by atoms with Gasteiger partial charge >= 0.3 is 0 Å². The molecule has 0 saturated heterocycles. The highest BCUT2D eigenvalue weighted by atomic mass is 127. The molecule has 0 aromatic carbocycles. The zero-order valence-electron chi connectivity index (χ0n) is 8.65. The number of nitrogens with zero attached hydrogens (tertiary/aromatic N) is 2. The molecule has 5 heteroatoms. The second-order valence-corrected chi connectivity index (χ2v) is 2.92. The Hall–Kier alpha value is -0.140. The standard InChI is InChI=1S/C9H17N2O2.HI/c1-10-3-4-11(9-10)5-6-13-8-7-12-2;/h3-4,9H,5-8H2,1-2H3;1H/q+1;/p-1. The van der Waals surface area contributed by atoms with Crippen molar-refractivity contribution in [2.45, 2.75) is 6.54 Å². The molecule has 0 fully saturated rings. The van der Waals surface area contributed by atoms with Crippen LogP contribution in [-0.4, -0.2) is 31.5 Å². The van der Waals surface area contributed by atoms with E-state index in [2.05, 4.69) is 4.57 Å². The Morgan fingerprint density at radius 1 is 1.29 bits per heavy atom. The fourth-order valence-electron chi connectivity index (χ4n) is 1.05. The van der Waals surface area contributed by atoms with Gasteiger partial charge in [-0.3, -0.25) is 0 Å². The van der Waals surface area contributed by atoms with Crippen LogP contribution in [0, 0.1) is 0 Å². The van der Waals surface area contributed by atoms with Crippen LogP contribution in [0.4, 0.5) is 0 Å². The molecule has 1 rings (SSSR count). The van der Waals surface area contributed by atoms with Gasteiger partial charge < -0.3 is 33.5 Å². The second kappa shape index (κ2) is 8.19. The molecule has 0 saturated carbocycles. The van der Waals surface area contributed by atoms with Gasteiger partial charge in [-0.05, 0) is 0 Å². The molecule has 0 aliphatic rings. The summed E-state index contributed by atoms with van der Waals surface area (Å²) >= 11 is 0. The van der Waals surface area contributed by atoms with Crippen LogP contribution in [0.25, 0.3) is 0 Å². The van der Waals surface area contributed by atoms with Gasteiger partial charge in [0.05, 0.1) is 26.9 Å². The zero-order chi connectivity index (χ0) is 9.52. The first-order chi connectivity index (χ1) is 6.33. The fraction of sp³-hybridized carbons (Fsp3) is 0.667. The Morgan fingerprint density at radius 2 is 2.07 bits per heavy atom. The third-order valence-corrected chi connectivity index (χ3v) is 1.75. The van der Waals surface area contributed by atoms with Crippen LogP contribution in [-0.2, 0) is 23.1 Å². The van der Waals surface area contributed by atoms with Crippen LogP contribution in [0.5, 0.6) is 0 Å². The quantitative estimate of drug-likeness (QED) is 0.318. The summed E-state index contributed by atoms with van der Waals surface area (Å²) in [5, 5.41) is 0. The predicted octanol–water partition coefficient (Wildman–Crippen LogP) is -3.02. The van der Waals surface area contributed by atoms with Gasteiger partial charge in [-0.25, -0.2) is 9.13 Å². The monoisotopic (exact) mass is 312 g/mol. The average Bonchev–Trinajstić information content (AvgIpc) is 2.51. The van der Waals surface area contributed by atoms with E-state index in [4.69, 9.17) is 9.47 Å². The minimum atomic E-state index is 0. The Bertz CT molecular complexity index is 240. The molecule has 0 atom stereocenters. The third-order valence-electron chi connectivity index (χ3n) is 1.75. The van der Waals surface area contributed by atoms with Crippen molar-refractivity contribution >= 4 is 0 Å². The van der Waals surface area contributed by atoms with Crippen LogP contribution >= 0.6 is 0 Å². The van der Waals surface area contributed by atoms with E-state index in [9.17, 15) is 0 Å². The van der Waals surface area contributed by atoms with E-state index in [1.54, 1.807) is 7.11 Å². The van der Waals surface area contributed by atoms with E-state index in [1.165, 1.54) is 0 Å². The first kappa shape index (κ1) is 13.9. The van der Waals surface area contributed by atoms with Crippen LogP contribution in [0.2, 0.25) is 0 Å². The summed E-state index contributed by atoms with van der Waals surface area (Å²) in [7, 11) is 3.68. The summed E-state index contributed by atoms with van der Waals surface area (Å²) in [6.45, 7) is 2.96. The molecule has 0 aliphatic heterocycles. The minimum absolute atomic E-state index is 0. The molecule has 0 spiro atoms. The molecule has 1 heterocycles. The van der Waals surface area contributed by atoms with Crippen molar-refractivity contribution in [2.24, 2.45) is 7.05 Å². The molecule has 14 heavy (non-hydrogen) atoms. The van der Waals surface area contributed by atoms with Gasteiger partial charge in [0.25, 0.3) is 0 Å². The Labute approximate surface area is 102 Å². The van der Waals surface area contributed by atoms with E-state index in [0.717, 1.165) is 13.2 Å². The molecule has 0 N–H and O–H groups in total.